The zero-order valence-electron chi connectivity index (χ0n) is 7.21. The molecule has 1 nitrogen and oxygen atoms in total. The number of hydrogen-bond donors (Lipinski definition) is 1. The van der Waals surface area contributed by atoms with E-state index in [0.717, 1.165) is 21.4 Å². The van der Waals surface area contributed by atoms with Crippen molar-refractivity contribution in [2.24, 2.45) is 0 Å². The highest BCUT2D eigenvalue weighted by molar-refractivity contribution is 6.35. The van der Waals surface area contributed by atoms with Crippen LogP contribution in [-0.4, -0.2) is 5.11 Å². The summed E-state index contributed by atoms with van der Waals surface area (Å²) in [6.07, 6.45) is 0. The quantitative estimate of drug-likeness (QED) is 0.677. The van der Waals surface area contributed by atoms with Crippen LogP contribution in [0.25, 0.3) is 10.8 Å². The third-order valence-electron chi connectivity index (χ3n) is 2.14. The van der Waals surface area contributed by atoms with Crippen molar-refractivity contribution >= 4 is 22.4 Å². The van der Waals surface area contributed by atoms with Crippen molar-refractivity contribution in [2.75, 3.05) is 0 Å². The molecule has 2 aromatic rings. The fourth-order valence-corrected chi connectivity index (χ4v) is 1.62. The number of phenols is 1. The van der Waals surface area contributed by atoms with E-state index in [1.54, 1.807) is 6.07 Å². The third kappa shape index (κ3) is 1.36. The summed E-state index contributed by atoms with van der Waals surface area (Å²) in [4.78, 5) is 0. The van der Waals surface area contributed by atoms with E-state index in [1.165, 1.54) is 0 Å². The lowest BCUT2D eigenvalue weighted by atomic mass is 10.1. The lowest BCUT2D eigenvalue weighted by Crippen LogP contribution is -1.78. The Labute approximate surface area is 81.6 Å². The zero-order chi connectivity index (χ0) is 9.42. The largest absolute Gasteiger partial charge is 0.508 e. The van der Waals surface area contributed by atoms with Crippen LogP contribution in [0.5, 0.6) is 5.75 Å². The molecule has 2 aromatic carbocycles. The maximum Gasteiger partial charge on any atom is 0.119 e. The average Bonchev–Trinajstić information content (AvgIpc) is 2.09. The van der Waals surface area contributed by atoms with Crippen molar-refractivity contribution < 1.29 is 5.11 Å². The highest BCUT2D eigenvalue weighted by Crippen LogP contribution is 2.28. The third-order valence-corrected chi connectivity index (χ3v) is 2.47. The van der Waals surface area contributed by atoms with Gasteiger partial charge in [-0.3, -0.25) is 0 Å². The normalized spacial score (nSPS) is 10.6. The van der Waals surface area contributed by atoms with Gasteiger partial charge < -0.3 is 5.11 Å². The molecule has 0 saturated heterocycles. The van der Waals surface area contributed by atoms with Crippen LogP contribution in [0.1, 0.15) is 5.56 Å². The van der Waals surface area contributed by atoms with E-state index in [4.69, 9.17) is 11.6 Å². The smallest absolute Gasteiger partial charge is 0.119 e. The van der Waals surface area contributed by atoms with Crippen LogP contribution in [0.2, 0.25) is 5.02 Å². The number of phenolic OH excluding ortho intramolecular Hbond substituents is 1. The molecule has 0 radical (unpaired) electrons. The van der Waals surface area contributed by atoms with E-state index in [1.807, 2.05) is 31.2 Å². The molecule has 2 rings (SSSR count). The minimum Gasteiger partial charge on any atom is -0.508 e. The average molecular weight is 193 g/mol. The van der Waals surface area contributed by atoms with Gasteiger partial charge in [0.25, 0.3) is 0 Å². The van der Waals surface area contributed by atoms with Gasteiger partial charge in [-0.05, 0) is 36.1 Å². The Bertz CT molecular complexity index is 463. The van der Waals surface area contributed by atoms with E-state index in [2.05, 4.69) is 0 Å². The maximum absolute atomic E-state index is 9.47. The number of fused-ring (bicyclic) bond motifs is 1. The second kappa shape index (κ2) is 2.93. The molecule has 0 unspecified atom stereocenters. The summed E-state index contributed by atoms with van der Waals surface area (Å²) >= 11 is 6.00. The summed E-state index contributed by atoms with van der Waals surface area (Å²) in [5, 5.41) is 12.1. The Morgan fingerprint density at radius 1 is 1.23 bits per heavy atom. The molecule has 0 aliphatic carbocycles. The Balaban J connectivity index is 2.89. The Hall–Kier alpha value is -1.21. The molecular weight excluding hydrogens is 184 g/mol. The molecule has 0 heterocycles. The van der Waals surface area contributed by atoms with Crippen LogP contribution in [0.3, 0.4) is 0 Å². The van der Waals surface area contributed by atoms with Gasteiger partial charge in [-0.15, -0.1) is 0 Å². The molecule has 0 fully saturated rings. The molecule has 0 spiro atoms. The van der Waals surface area contributed by atoms with Gasteiger partial charge in [0.2, 0.25) is 0 Å². The van der Waals surface area contributed by atoms with Crippen LogP contribution < -0.4 is 0 Å². The SMILES string of the molecule is Cc1cc2c(Cl)cccc2cc1O. The van der Waals surface area contributed by atoms with Crippen LogP contribution in [0.15, 0.2) is 30.3 Å². The van der Waals surface area contributed by atoms with Gasteiger partial charge in [0.15, 0.2) is 0 Å². The van der Waals surface area contributed by atoms with Crippen molar-refractivity contribution in [1.82, 2.24) is 0 Å². The van der Waals surface area contributed by atoms with E-state index in [-0.39, 0.29) is 0 Å². The minimum atomic E-state index is 0.315. The van der Waals surface area contributed by atoms with Gasteiger partial charge >= 0.3 is 0 Å². The van der Waals surface area contributed by atoms with Crippen LogP contribution in [0, 0.1) is 6.92 Å². The summed E-state index contributed by atoms with van der Waals surface area (Å²) in [7, 11) is 0. The van der Waals surface area contributed by atoms with Crippen molar-refractivity contribution in [3.05, 3.63) is 40.9 Å². The van der Waals surface area contributed by atoms with Gasteiger partial charge in [-0.2, -0.15) is 0 Å². The molecule has 0 amide bonds. The summed E-state index contributed by atoms with van der Waals surface area (Å²) in [5.74, 6) is 0.315. The molecule has 0 saturated carbocycles. The van der Waals surface area contributed by atoms with Crippen LogP contribution in [0.4, 0.5) is 0 Å². The second-order valence-electron chi connectivity index (χ2n) is 3.10. The van der Waals surface area contributed by atoms with Gasteiger partial charge in [0.05, 0.1) is 0 Å². The van der Waals surface area contributed by atoms with Crippen molar-refractivity contribution in [1.29, 1.82) is 0 Å². The predicted octanol–water partition coefficient (Wildman–Crippen LogP) is 3.51. The molecule has 0 aromatic heterocycles. The number of benzene rings is 2. The molecule has 2 heteroatoms. The monoisotopic (exact) mass is 192 g/mol. The van der Waals surface area contributed by atoms with Gasteiger partial charge in [-0.25, -0.2) is 0 Å². The zero-order valence-corrected chi connectivity index (χ0v) is 7.97. The molecule has 0 aliphatic rings. The second-order valence-corrected chi connectivity index (χ2v) is 3.51. The van der Waals surface area contributed by atoms with Crippen molar-refractivity contribution in [3.8, 4) is 5.75 Å². The molecule has 0 aliphatic heterocycles. The first-order chi connectivity index (χ1) is 6.18. The maximum atomic E-state index is 9.47. The highest BCUT2D eigenvalue weighted by atomic mass is 35.5. The minimum absolute atomic E-state index is 0.315. The molecule has 1 N–H and O–H groups in total. The molecule has 0 bridgehead atoms. The van der Waals surface area contributed by atoms with Gasteiger partial charge in [-0.1, -0.05) is 23.7 Å². The highest BCUT2D eigenvalue weighted by Gasteiger charge is 2.01. The molecular formula is C11H9ClO. The first-order valence-electron chi connectivity index (χ1n) is 4.06. The summed E-state index contributed by atoms with van der Waals surface area (Å²) in [6, 6.07) is 9.28. The number of hydrogen-bond acceptors (Lipinski definition) is 1. The van der Waals surface area contributed by atoms with Crippen molar-refractivity contribution in [3.63, 3.8) is 0 Å². The number of halogens is 1. The Kier molecular flexibility index (Phi) is 1.89. The molecule has 13 heavy (non-hydrogen) atoms. The van der Waals surface area contributed by atoms with Crippen LogP contribution >= 0.6 is 11.6 Å². The Morgan fingerprint density at radius 3 is 2.77 bits per heavy atom. The van der Waals surface area contributed by atoms with E-state index >= 15 is 0 Å². The topological polar surface area (TPSA) is 20.2 Å². The Morgan fingerprint density at radius 2 is 2.00 bits per heavy atom. The van der Waals surface area contributed by atoms with Gasteiger partial charge in [0.1, 0.15) is 5.75 Å². The fraction of sp³-hybridized carbons (Fsp3) is 0.0909. The van der Waals surface area contributed by atoms with E-state index in [0.29, 0.717) is 5.75 Å². The standard InChI is InChI=1S/C11H9ClO/c1-7-5-9-8(6-11(7)13)3-2-4-10(9)12/h2-6,13H,1H3. The van der Waals surface area contributed by atoms with Gasteiger partial charge in [0, 0.05) is 10.4 Å². The molecule has 66 valence electrons. The fourth-order valence-electron chi connectivity index (χ4n) is 1.38. The van der Waals surface area contributed by atoms with Crippen molar-refractivity contribution in [2.45, 2.75) is 6.92 Å². The summed E-state index contributed by atoms with van der Waals surface area (Å²) < 4.78 is 0. The van der Waals surface area contributed by atoms with Crippen LogP contribution in [-0.2, 0) is 0 Å². The summed E-state index contributed by atoms with van der Waals surface area (Å²) in [6.45, 7) is 1.86. The van der Waals surface area contributed by atoms with E-state index < -0.39 is 0 Å². The first kappa shape index (κ1) is 8.39. The lowest BCUT2D eigenvalue weighted by molar-refractivity contribution is 0.472. The lowest BCUT2D eigenvalue weighted by Gasteiger charge is -2.03. The number of aromatic hydroxyl groups is 1. The predicted molar refractivity (Wildman–Crippen MR) is 55.4 cm³/mol. The summed E-state index contributed by atoms with van der Waals surface area (Å²) in [5.41, 5.74) is 0.848. The number of aryl methyl sites for hydroxylation is 1. The number of rotatable bonds is 0. The first-order valence-corrected chi connectivity index (χ1v) is 4.44. The molecule has 0 atom stereocenters. The van der Waals surface area contributed by atoms with E-state index in [9.17, 15) is 5.11 Å².